The normalized spacial score (nSPS) is 12.0. The van der Waals surface area contributed by atoms with Crippen molar-refractivity contribution in [2.45, 2.75) is 0 Å². The number of imide groups is 1. The standard InChI is InChI=1S/C31H20N2O10/c1-41-23-8-3-6-20(16-23)31(38)43-22-13-11-18(12-14-22)26(34)17-42-30(37)19-5-2-7-21(15-19)32-28(35)24-9-4-10-25(33(39)40)27(24)29(32)36/h2-16H,17H2,1H3. The van der Waals surface area contributed by atoms with E-state index in [4.69, 9.17) is 14.2 Å². The number of ketones is 1. The van der Waals surface area contributed by atoms with Crippen molar-refractivity contribution in [2.75, 3.05) is 18.6 Å². The van der Waals surface area contributed by atoms with Crippen LogP contribution in [0.15, 0.2) is 91.0 Å². The van der Waals surface area contributed by atoms with E-state index in [1.165, 1.54) is 73.8 Å². The van der Waals surface area contributed by atoms with Gasteiger partial charge in [0.15, 0.2) is 12.4 Å². The third-order valence-corrected chi connectivity index (χ3v) is 6.46. The van der Waals surface area contributed by atoms with Crippen LogP contribution in [0.4, 0.5) is 11.4 Å². The number of nitro benzene ring substituents is 1. The SMILES string of the molecule is COc1cccc(C(=O)Oc2ccc(C(=O)COC(=O)c3cccc(N4C(=O)c5cccc([N+](=O)[O-])c5C4=O)c3)cc2)c1. The predicted molar refractivity (Wildman–Crippen MR) is 150 cm³/mol. The minimum absolute atomic E-state index is 0.000331. The lowest BCUT2D eigenvalue weighted by Gasteiger charge is -2.14. The molecule has 4 aromatic rings. The van der Waals surface area contributed by atoms with Gasteiger partial charge in [-0.2, -0.15) is 0 Å². The number of anilines is 1. The summed E-state index contributed by atoms with van der Waals surface area (Å²) < 4.78 is 15.6. The van der Waals surface area contributed by atoms with Gasteiger partial charge in [0.05, 0.1) is 34.4 Å². The molecule has 4 aromatic carbocycles. The molecular weight excluding hydrogens is 560 g/mol. The Morgan fingerprint density at radius 3 is 2.14 bits per heavy atom. The maximum absolute atomic E-state index is 13.0. The zero-order chi connectivity index (χ0) is 30.7. The quantitative estimate of drug-likeness (QED) is 0.0680. The molecule has 1 aliphatic rings. The zero-order valence-corrected chi connectivity index (χ0v) is 22.3. The molecule has 12 heteroatoms. The number of nitro groups is 1. The van der Waals surface area contributed by atoms with Crippen molar-refractivity contribution in [1.29, 1.82) is 0 Å². The van der Waals surface area contributed by atoms with Gasteiger partial charge < -0.3 is 14.2 Å². The minimum atomic E-state index is -0.901. The monoisotopic (exact) mass is 580 g/mol. The summed E-state index contributed by atoms with van der Waals surface area (Å²) in [4.78, 5) is 75.0. The van der Waals surface area contributed by atoms with Gasteiger partial charge in [-0.15, -0.1) is 0 Å². The van der Waals surface area contributed by atoms with Gasteiger partial charge in [-0.1, -0.05) is 18.2 Å². The van der Waals surface area contributed by atoms with Gasteiger partial charge in [0.1, 0.15) is 17.1 Å². The Hall–Kier alpha value is -6.17. The van der Waals surface area contributed by atoms with Crippen LogP contribution in [-0.4, -0.2) is 48.2 Å². The van der Waals surface area contributed by atoms with Gasteiger partial charge in [-0.05, 0) is 66.7 Å². The zero-order valence-electron chi connectivity index (χ0n) is 22.3. The molecule has 0 atom stereocenters. The highest BCUT2D eigenvalue weighted by molar-refractivity contribution is 6.35. The number of fused-ring (bicyclic) bond motifs is 1. The highest BCUT2D eigenvalue weighted by Crippen LogP contribution is 2.34. The van der Waals surface area contributed by atoms with Crippen molar-refractivity contribution in [3.63, 3.8) is 0 Å². The van der Waals surface area contributed by atoms with Crippen molar-refractivity contribution < 1.29 is 43.1 Å². The first-order valence-corrected chi connectivity index (χ1v) is 12.6. The van der Waals surface area contributed by atoms with Crippen molar-refractivity contribution >= 4 is 40.9 Å². The smallest absolute Gasteiger partial charge is 0.343 e. The predicted octanol–water partition coefficient (Wildman–Crippen LogP) is 4.66. The van der Waals surface area contributed by atoms with Gasteiger partial charge in [-0.25, -0.2) is 14.5 Å². The summed E-state index contributed by atoms with van der Waals surface area (Å²) in [5.41, 5.74) is -0.557. The fourth-order valence-electron chi connectivity index (χ4n) is 4.35. The molecule has 0 spiro atoms. The molecule has 0 N–H and O–H groups in total. The first-order chi connectivity index (χ1) is 20.7. The Labute approximate surface area is 243 Å². The first-order valence-electron chi connectivity index (χ1n) is 12.6. The minimum Gasteiger partial charge on any atom is -0.497 e. The van der Waals surface area contributed by atoms with Gasteiger partial charge in [0.25, 0.3) is 17.5 Å². The summed E-state index contributed by atoms with van der Waals surface area (Å²) in [6.45, 7) is -0.620. The largest absolute Gasteiger partial charge is 0.497 e. The number of nitrogens with zero attached hydrogens (tertiary/aromatic N) is 2. The number of methoxy groups -OCH3 is 1. The molecule has 0 aromatic heterocycles. The summed E-state index contributed by atoms with van der Waals surface area (Å²) in [7, 11) is 1.48. The Morgan fingerprint density at radius 2 is 1.44 bits per heavy atom. The van der Waals surface area contributed by atoms with Crippen LogP contribution in [0.3, 0.4) is 0 Å². The molecule has 1 heterocycles. The number of ether oxygens (including phenoxy) is 3. The molecule has 0 fully saturated rings. The number of carbonyl (C=O) groups excluding carboxylic acids is 5. The van der Waals surface area contributed by atoms with Crippen LogP contribution in [0.5, 0.6) is 11.5 Å². The Kier molecular flexibility index (Phi) is 7.75. The van der Waals surface area contributed by atoms with E-state index in [1.54, 1.807) is 18.2 Å². The Balaban J connectivity index is 1.22. The number of carbonyl (C=O) groups is 5. The van der Waals surface area contributed by atoms with Crippen molar-refractivity contribution in [3.05, 3.63) is 129 Å². The van der Waals surface area contributed by atoms with Crippen LogP contribution in [0, 0.1) is 10.1 Å². The number of hydrogen-bond donors (Lipinski definition) is 0. The molecule has 0 saturated carbocycles. The van der Waals surface area contributed by atoms with Gasteiger partial charge in [0, 0.05) is 11.6 Å². The van der Waals surface area contributed by atoms with Crippen molar-refractivity contribution in [1.82, 2.24) is 0 Å². The molecule has 12 nitrogen and oxygen atoms in total. The summed E-state index contributed by atoms with van der Waals surface area (Å²) in [5, 5.41) is 11.4. The average molecular weight is 581 g/mol. The molecule has 0 unspecified atom stereocenters. The lowest BCUT2D eigenvalue weighted by atomic mass is 10.1. The van der Waals surface area contributed by atoms with Gasteiger partial charge in [-0.3, -0.25) is 24.5 Å². The topological polar surface area (TPSA) is 159 Å². The second-order valence-corrected chi connectivity index (χ2v) is 9.10. The van der Waals surface area contributed by atoms with E-state index in [9.17, 15) is 34.1 Å². The molecule has 0 radical (unpaired) electrons. The summed E-state index contributed by atoms with van der Waals surface area (Å²) in [6.07, 6.45) is 0. The van der Waals surface area contributed by atoms with E-state index >= 15 is 0 Å². The average Bonchev–Trinajstić information content (AvgIpc) is 3.29. The molecule has 0 saturated heterocycles. The van der Waals surface area contributed by atoms with Crippen LogP contribution < -0.4 is 14.4 Å². The van der Waals surface area contributed by atoms with Crippen LogP contribution in [0.25, 0.3) is 0 Å². The molecule has 0 bridgehead atoms. The Bertz CT molecular complexity index is 1810. The molecule has 5 rings (SSSR count). The highest BCUT2D eigenvalue weighted by atomic mass is 16.6. The van der Waals surface area contributed by atoms with Crippen LogP contribution in [0.2, 0.25) is 0 Å². The summed E-state index contributed by atoms with van der Waals surface area (Å²) in [6, 6.07) is 21.2. The van der Waals surface area contributed by atoms with Gasteiger partial charge >= 0.3 is 11.9 Å². The molecule has 0 aliphatic carbocycles. The maximum atomic E-state index is 13.0. The van der Waals surface area contributed by atoms with E-state index in [-0.39, 0.29) is 39.3 Å². The molecule has 43 heavy (non-hydrogen) atoms. The fraction of sp³-hybridized carbons (Fsp3) is 0.0645. The summed E-state index contributed by atoms with van der Waals surface area (Å²) in [5.74, 6) is -3.05. The molecule has 214 valence electrons. The van der Waals surface area contributed by atoms with E-state index in [1.807, 2.05) is 0 Å². The highest BCUT2D eigenvalue weighted by Gasteiger charge is 2.42. The number of Topliss-reactive ketones (excluding diaryl/α,β-unsaturated/α-hetero) is 1. The number of amides is 2. The fourth-order valence-corrected chi connectivity index (χ4v) is 4.35. The van der Waals surface area contributed by atoms with Crippen molar-refractivity contribution in [3.8, 4) is 11.5 Å². The summed E-state index contributed by atoms with van der Waals surface area (Å²) >= 11 is 0. The van der Waals surface area contributed by atoms with E-state index < -0.39 is 46.8 Å². The van der Waals surface area contributed by atoms with E-state index in [0.29, 0.717) is 5.75 Å². The lowest BCUT2D eigenvalue weighted by molar-refractivity contribution is -0.385. The van der Waals surface area contributed by atoms with E-state index in [0.717, 1.165) is 11.0 Å². The number of esters is 2. The second-order valence-electron chi connectivity index (χ2n) is 9.10. The number of rotatable bonds is 9. The third kappa shape index (κ3) is 5.70. The third-order valence-electron chi connectivity index (χ3n) is 6.46. The second kappa shape index (κ2) is 11.7. The van der Waals surface area contributed by atoms with Crippen LogP contribution in [0.1, 0.15) is 51.8 Å². The number of benzene rings is 4. The molecule has 2 amide bonds. The van der Waals surface area contributed by atoms with Crippen LogP contribution in [-0.2, 0) is 4.74 Å². The van der Waals surface area contributed by atoms with Gasteiger partial charge in [0.2, 0.25) is 0 Å². The first kappa shape index (κ1) is 28.4. The molecular formula is C31H20N2O10. The maximum Gasteiger partial charge on any atom is 0.343 e. The Morgan fingerprint density at radius 1 is 0.767 bits per heavy atom. The lowest BCUT2D eigenvalue weighted by Crippen LogP contribution is -2.29. The van der Waals surface area contributed by atoms with E-state index in [2.05, 4.69) is 0 Å². The number of hydrogen-bond acceptors (Lipinski definition) is 10. The van der Waals surface area contributed by atoms with Crippen LogP contribution >= 0.6 is 0 Å². The molecule has 1 aliphatic heterocycles. The van der Waals surface area contributed by atoms with Crippen molar-refractivity contribution in [2.24, 2.45) is 0 Å².